The molecule has 0 amide bonds. The molecule has 1 N–H and O–H groups in total. The maximum absolute atomic E-state index is 10.9. The van der Waals surface area contributed by atoms with Crippen LogP contribution in [0.15, 0.2) is 21.8 Å². The second-order valence-electron chi connectivity index (χ2n) is 3.15. The van der Waals surface area contributed by atoms with Crippen molar-refractivity contribution < 1.29 is 9.90 Å². The van der Waals surface area contributed by atoms with E-state index in [0.717, 1.165) is 11.3 Å². The average molecular weight is 278 g/mol. The summed E-state index contributed by atoms with van der Waals surface area (Å²) < 4.78 is 0.587. The van der Waals surface area contributed by atoms with E-state index in [1.807, 2.05) is 6.07 Å². The smallest absolute Gasteiger partial charge is 0.347 e. The molecule has 0 atom stereocenters. The standard InChI is InChI=1S/C10H6N4O2S2/c1-5-8(9(15)16)18-10(14-5)17-7-4-12-6(2-11)3-13-7/h3-4H,1H3,(H,15,16). The Morgan fingerprint density at radius 2 is 2.28 bits per heavy atom. The molecule has 0 aliphatic heterocycles. The van der Waals surface area contributed by atoms with E-state index in [1.54, 1.807) is 6.92 Å². The first-order valence-electron chi connectivity index (χ1n) is 4.71. The summed E-state index contributed by atoms with van der Waals surface area (Å²) in [6, 6.07) is 1.87. The van der Waals surface area contributed by atoms with E-state index in [2.05, 4.69) is 15.0 Å². The molecule has 2 aromatic heterocycles. The Kier molecular flexibility index (Phi) is 3.55. The molecule has 90 valence electrons. The van der Waals surface area contributed by atoms with Gasteiger partial charge in [0.25, 0.3) is 0 Å². The molecule has 6 nitrogen and oxygen atoms in total. The molecule has 0 spiro atoms. The summed E-state index contributed by atoms with van der Waals surface area (Å²) >= 11 is 2.31. The van der Waals surface area contributed by atoms with E-state index in [9.17, 15) is 4.79 Å². The van der Waals surface area contributed by atoms with E-state index in [0.29, 0.717) is 15.1 Å². The summed E-state index contributed by atoms with van der Waals surface area (Å²) in [5, 5.41) is 18.1. The number of aromatic carboxylic acids is 1. The lowest BCUT2D eigenvalue weighted by Gasteiger charge is -1.94. The lowest BCUT2D eigenvalue weighted by atomic mass is 10.4. The largest absolute Gasteiger partial charge is 0.477 e. The number of hydrogen-bond acceptors (Lipinski definition) is 7. The van der Waals surface area contributed by atoms with Gasteiger partial charge in [0.15, 0.2) is 10.0 Å². The first-order chi connectivity index (χ1) is 8.60. The molecule has 0 aliphatic carbocycles. The first kappa shape index (κ1) is 12.5. The normalized spacial score (nSPS) is 10.0. The lowest BCUT2D eigenvalue weighted by molar-refractivity contribution is 0.0701. The Morgan fingerprint density at radius 1 is 1.50 bits per heavy atom. The molecule has 0 unspecified atom stereocenters. The molecule has 0 saturated carbocycles. The second kappa shape index (κ2) is 5.12. The van der Waals surface area contributed by atoms with Gasteiger partial charge in [0.05, 0.1) is 18.1 Å². The molecule has 2 aromatic rings. The number of aryl methyl sites for hydroxylation is 1. The fraction of sp³-hybridized carbons (Fsp3) is 0.100. The average Bonchev–Trinajstić information content (AvgIpc) is 2.71. The number of nitriles is 1. The van der Waals surface area contributed by atoms with Gasteiger partial charge in [-0.05, 0) is 18.7 Å². The van der Waals surface area contributed by atoms with Gasteiger partial charge in [-0.3, -0.25) is 0 Å². The van der Waals surface area contributed by atoms with Crippen LogP contribution in [0.3, 0.4) is 0 Å². The number of aromatic nitrogens is 3. The number of thiazole rings is 1. The van der Waals surface area contributed by atoms with Gasteiger partial charge in [0.1, 0.15) is 16.0 Å². The minimum atomic E-state index is -0.984. The molecule has 0 bridgehead atoms. The zero-order chi connectivity index (χ0) is 13.1. The van der Waals surface area contributed by atoms with Gasteiger partial charge in [-0.25, -0.2) is 19.7 Å². The summed E-state index contributed by atoms with van der Waals surface area (Å²) in [6.07, 6.45) is 2.82. The summed E-state index contributed by atoms with van der Waals surface area (Å²) in [5.41, 5.74) is 0.720. The predicted molar refractivity (Wildman–Crippen MR) is 64.7 cm³/mol. The minimum Gasteiger partial charge on any atom is -0.477 e. The van der Waals surface area contributed by atoms with Gasteiger partial charge in [-0.15, -0.1) is 0 Å². The fourth-order valence-corrected chi connectivity index (χ4v) is 3.01. The van der Waals surface area contributed by atoms with Crippen LogP contribution in [0.2, 0.25) is 0 Å². The van der Waals surface area contributed by atoms with Crippen LogP contribution in [0, 0.1) is 18.3 Å². The van der Waals surface area contributed by atoms with Crippen LogP contribution >= 0.6 is 23.1 Å². The van der Waals surface area contributed by atoms with Crippen LogP contribution in [0.5, 0.6) is 0 Å². The topological polar surface area (TPSA) is 99.8 Å². The van der Waals surface area contributed by atoms with Crippen LogP contribution in [-0.4, -0.2) is 26.0 Å². The highest BCUT2D eigenvalue weighted by molar-refractivity contribution is 8.01. The summed E-state index contributed by atoms with van der Waals surface area (Å²) in [7, 11) is 0. The summed E-state index contributed by atoms with van der Waals surface area (Å²) in [6.45, 7) is 1.65. The van der Waals surface area contributed by atoms with Crippen molar-refractivity contribution in [3.05, 3.63) is 28.7 Å². The molecule has 2 heterocycles. The van der Waals surface area contributed by atoms with Crippen LogP contribution in [0.25, 0.3) is 0 Å². The highest BCUT2D eigenvalue weighted by Gasteiger charge is 2.15. The third kappa shape index (κ3) is 2.64. The molecule has 18 heavy (non-hydrogen) atoms. The second-order valence-corrected chi connectivity index (χ2v) is 5.42. The van der Waals surface area contributed by atoms with Crippen molar-refractivity contribution in [2.75, 3.05) is 0 Å². The van der Waals surface area contributed by atoms with Crippen LogP contribution in [0.4, 0.5) is 0 Å². The maximum atomic E-state index is 10.9. The molecule has 0 radical (unpaired) electrons. The molecule has 8 heteroatoms. The molecule has 0 aliphatic rings. The Morgan fingerprint density at radius 3 is 2.78 bits per heavy atom. The Balaban J connectivity index is 2.21. The minimum absolute atomic E-state index is 0.221. The maximum Gasteiger partial charge on any atom is 0.347 e. The van der Waals surface area contributed by atoms with Gasteiger partial charge in [0, 0.05) is 0 Å². The van der Waals surface area contributed by atoms with E-state index in [4.69, 9.17) is 10.4 Å². The fourth-order valence-electron chi connectivity index (χ4n) is 1.13. The lowest BCUT2D eigenvalue weighted by Crippen LogP contribution is -1.94. The SMILES string of the molecule is Cc1nc(Sc2cnc(C#N)cn2)sc1C(=O)O. The monoisotopic (exact) mass is 278 g/mol. The van der Waals surface area contributed by atoms with Crippen LogP contribution in [0.1, 0.15) is 21.1 Å². The van der Waals surface area contributed by atoms with Gasteiger partial charge < -0.3 is 5.11 Å². The number of hydrogen-bond donors (Lipinski definition) is 1. The number of nitrogens with zero attached hydrogens (tertiary/aromatic N) is 4. The van der Waals surface area contributed by atoms with Crippen molar-refractivity contribution in [2.45, 2.75) is 16.3 Å². The van der Waals surface area contributed by atoms with Crippen LogP contribution < -0.4 is 0 Å². The molecular formula is C10H6N4O2S2. The first-order valence-corrected chi connectivity index (χ1v) is 6.34. The Labute approximate surface area is 110 Å². The van der Waals surface area contributed by atoms with E-state index in [1.165, 1.54) is 24.2 Å². The van der Waals surface area contributed by atoms with Gasteiger partial charge in [0.2, 0.25) is 0 Å². The quantitative estimate of drug-likeness (QED) is 0.915. The van der Waals surface area contributed by atoms with E-state index >= 15 is 0 Å². The van der Waals surface area contributed by atoms with E-state index < -0.39 is 5.97 Å². The van der Waals surface area contributed by atoms with Gasteiger partial charge in [-0.1, -0.05) is 11.3 Å². The predicted octanol–water partition coefficient (Wildman–Crippen LogP) is 1.96. The summed E-state index contributed by atoms with van der Waals surface area (Å²) in [4.78, 5) is 23.1. The third-order valence-electron chi connectivity index (χ3n) is 1.91. The molecule has 2 rings (SSSR count). The number of rotatable bonds is 3. The zero-order valence-electron chi connectivity index (χ0n) is 9.12. The van der Waals surface area contributed by atoms with Crippen LogP contribution in [-0.2, 0) is 0 Å². The zero-order valence-corrected chi connectivity index (χ0v) is 10.7. The van der Waals surface area contributed by atoms with Crippen molar-refractivity contribution >= 4 is 29.1 Å². The number of carboxylic acid groups (broad SMARTS) is 1. The highest BCUT2D eigenvalue weighted by atomic mass is 32.2. The number of carboxylic acids is 1. The molecular weight excluding hydrogens is 272 g/mol. The van der Waals surface area contributed by atoms with Gasteiger partial charge in [-0.2, -0.15) is 5.26 Å². The third-order valence-corrected chi connectivity index (χ3v) is 4.03. The highest BCUT2D eigenvalue weighted by Crippen LogP contribution is 2.31. The number of carbonyl (C=O) groups is 1. The van der Waals surface area contributed by atoms with Crippen molar-refractivity contribution in [2.24, 2.45) is 0 Å². The molecule has 0 aromatic carbocycles. The van der Waals surface area contributed by atoms with Crippen molar-refractivity contribution in [3.8, 4) is 6.07 Å². The van der Waals surface area contributed by atoms with Gasteiger partial charge >= 0.3 is 5.97 Å². The Hall–Kier alpha value is -1.98. The van der Waals surface area contributed by atoms with Crippen molar-refractivity contribution in [1.29, 1.82) is 5.26 Å². The van der Waals surface area contributed by atoms with E-state index in [-0.39, 0.29) is 10.6 Å². The Bertz CT molecular complexity index is 630. The molecule has 0 fully saturated rings. The summed E-state index contributed by atoms with van der Waals surface area (Å²) in [5.74, 6) is -0.984. The molecule has 0 saturated heterocycles. The van der Waals surface area contributed by atoms with Crippen molar-refractivity contribution in [3.63, 3.8) is 0 Å². The van der Waals surface area contributed by atoms with Crippen molar-refractivity contribution in [1.82, 2.24) is 15.0 Å².